The summed E-state index contributed by atoms with van der Waals surface area (Å²) in [6, 6.07) is 19.1. The average molecular weight is 617 g/mol. The molecule has 7 nitrogen and oxygen atoms in total. The van der Waals surface area contributed by atoms with Gasteiger partial charge in [0.15, 0.2) is 0 Å². The number of aryl methyl sites for hydroxylation is 1. The Hall–Kier alpha value is -3.07. The molecule has 1 fully saturated rings. The maximum atomic E-state index is 14.1. The first-order valence-electron chi connectivity index (χ1n) is 13.8. The highest BCUT2D eigenvalue weighted by atomic mass is 35.5. The number of nitrogens with one attached hydrogen (secondary N) is 1. The SMILES string of the molecule is CC[C@H](C(=O)NC1CCCC1)N(Cc1ccc(Cl)cc1)C(=O)CN(c1cccc(C)c1)S(=O)(=O)c1ccc(Cl)cc1. The third-order valence-electron chi connectivity index (χ3n) is 7.32. The summed E-state index contributed by atoms with van der Waals surface area (Å²) in [5.74, 6) is -0.725. The van der Waals surface area contributed by atoms with Crippen LogP contribution in [-0.4, -0.2) is 43.8 Å². The summed E-state index contributed by atoms with van der Waals surface area (Å²) in [4.78, 5) is 29.1. The van der Waals surface area contributed by atoms with Crippen molar-refractivity contribution in [1.29, 1.82) is 0 Å². The first-order valence-corrected chi connectivity index (χ1v) is 16.0. The minimum absolute atomic E-state index is 0.00600. The fourth-order valence-electron chi connectivity index (χ4n) is 5.12. The van der Waals surface area contributed by atoms with Gasteiger partial charge in [0.2, 0.25) is 11.8 Å². The van der Waals surface area contributed by atoms with Crippen molar-refractivity contribution in [2.75, 3.05) is 10.8 Å². The third kappa shape index (κ3) is 7.82. The van der Waals surface area contributed by atoms with Crippen LogP contribution in [0.4, 0.5) is 5.69 Å². The van der Waals surface area contributed by atoms with Gasteiger partial charge in [-0.25, -0.2) is 8.42 Å². The second-order valence-corrected chi connectivity index (χ2v) is 13.1. The monoisotopic (exact) mass is 615 g/mol. The molecule has 1 N–H and O–H groups in total. The Morgan fingerprint density at radius 1 is 0.951 bits per heavy atom. The molecule has 0 saturated heterocycles. The van der Waals surface area contributed by atoms with Crippen molar-refractivity contribution in [1.82, 2.24) is 10.2 Å². The zero-order valence-electron chi connectivity index (χ0n) is 23.2. The van der Waals surface area contributed by atoms with Crippen LogP contribution in [0.2, 0.25) is 10.0 Å². The van der Waals surface area contributed by atoms with Crippen molar-refractivity contribution >= 4 is 50.7 Å². The number of sulfonamides is 1. The number of anilines is 1. The van der Waals surface area contributed by atoms with Crippen LogP contribution < -0.4 is 9.62 Å². The number of carbonyl (C=O) groups excluding carboxylic acids is 2. The molecule has 0 unspecified atom stereocenters. The molecule has 1 atom stereocenters. The summed E-state index contributed by atoms with van der Waals surface area (Å²) in [5, 5.41) is 4.07. The number of amides is 2. The van der Waals surface area contributed by atoms with Crippen molar-refractivity contribution < 1.29 is 18.0 Å². The predicted molar refractivity (Wildman–Crippen MR) is 164 cm³/mol. The molecule has 218 valence electrons. The predicted octanol–water partition coefficient (Wildman–Crippen LogP) is 6.36. The lowest BCUT2D eigenvalue weighted by molar-refractivity contribution is -0.140. The molecule has 4 rings (SSSR count). The molecule has 0 radical (unpaired) electrons. The molecule has 1 saturated carbocycles. The summed E-state index contributed by atoms with van der Waals surface area (Å²) < 4.78 is 29.0. The molecule has 10 heteroatoms. The largest absolute Gasteiger partial charge is 0.352 e. The molecule has 0 aromatic heterocycles. The highest BCUT2D eigenvalue weighted by Gasteiger charge is 2.34. The Bertz CT molecular complexity index is 1460. The molecule has 0 spiro atoms. The Balaban J connectivity index is 1.71. The molecule has 1 aliphatic carbocycles. The maximum Gasteiger partial charge on any atom is 0.264 e. The van der Waals surface area contributed by atoms with Crippen LogP contribution in [0.5, 0.6) is 0 Å². The first-order chi connectivity index (χ1) is 19.6. The number of hydrogen-bond donors (Lipinski definition) is 1. The van der Waals surface area contributed by atoms with Crippen LogP contribution in [0.1, 0.15) is 50.2 Å². The number of halogens is 2. The standard InChI is InChI=1S/C31H35Cl2N3O4S/c1-3-29(31(38)34-26-8-4-5-9-26)35(20-23-11-13-24(32)14-12-23)30(37)21-36(27-10-6-7-22(2)19-27)41(39,40)28-17-15-25(33)16-18-28/h6-7,10-19,26,29H,3-5,8-9,20-21H2,1-2H3,(H,34,38)/t29-/m1/s1. The molecular formula is C31H35Cl2N3O4S. The molecule has 0 heterocycles. The van der Waals surface area contributed by atoms with Gasteiger partial charge in [-0.3, -0.25) is 13.9 Å². The molecule has 41 heavy (non-hydrogen) atoms. The van der Waals surface area contributed by atoms with E-state index in [0.29, 0.717) is 22.2 Å². The lowest BCUT2D eigenvalue weighted by Crippen LogP contribution is -2.53. The highest BCUT2D eigenvalue weighted by molar-refractivity contribution is 7.92. The average Bonchev–Trinajstić information content (AvgIpc) is 3.45. The van der Waals surface area contributed by atoms with Crippen LogP contribution in [0.25, 0.3) is 0 Å². The van der Waals surface area contributed by atoms with Crippen LogP contribution in [0, 0.1) is 6.92 Å². The summed E-state index contributed by atoms with van der Waals surface area (Å²) in [6.07, 6.45) is 4.31. The number of rotatable bonds is 11. The van der Waals surface area contributed by atoms with Gasteiger partial charge in [-0.1, -0.05) is 67.2 Å². The van der Waals surface area contributed by atoms with Gasteiger partial charge < -0.3 is 10.2 Å². The molecule has 1 aliphatic rings. The number of nitrogens with zero attached hydrogens (tertiary/aromatic N) is 2. The Morgan fingerprint density at radius 2 is 1.56 bits per heavy atom. The van der Waals surface area contributed by atoms with Crippen molar-refractivity contribution in [2.24, 2.45) is 0 Å². The van der Waals surface area contributed by atoms with E-state index in [1.165, 1.54) is 29.2 Å². The van der Waals surface area contributed by atoms with Crippen LogP contribution in [0.15, 0.2) is 77.7 Å². The lowest BCUT2D eigenvalue weighted by atomic mass is 10.1. The van der Waals surface area contributed by atoms with Crippen LogP contribution in [0.3, 0.4) is 0 Å². The highest BCUT2D eigenvalue weighted by Crippen LogP contribution is 2.27. The van der Waals surface area contributed by atoms with Crippen molar-refractivity contribution in [3.8, 4) is 0 Å². The Morgan fingerprint density at radius 3 is 2.15 bits per heavy atom. The van der Waals surface area contributed by atoms with Gasteiger partial charge in [-0.2, -0.15) is 0 Å². The van der Waals surface area contributed by atoms with Crippen LogP contribution >= 0.6 is 23.2 Å². The maximum absolute atomic E-state index is 14.1. The normalized spacial score (nSPS) is 14.4. The van der Waals surface area contributed by atoms with E-state index in [1.54, 1.807) is 42.5 Å². The molecule has 0 bridgehead atoms. The van der Waals surface area contributed by atoms with E-state index < -0.39 is 28.5 Å². The van der Waals surface area contributed by atoms with Crippen molar-refractivity contribution in [2.45, 2.75) is 69.5 Å². The molecular weight excluding hydrogens is 581 g/mol. The Labute approximate surface area is 252 Å². The van der Waals surface area contributed by atoms with Crippen molar-refractivity contribution in [3.05, 3.63) is 94.0 Å². The van der Waals surface area contributed by atoms with Gasteiger partial charge >= 0.3 is 0 Å². The minimum Gasteiger partial charge on any atom is -0.352 e. The molecule has 2 amide bonds. The van der Waals surface area contributed by atoms with Gasteiger partial charge in [-0.15, -0.1) is 0 Å². The van der Waals surface area contributed by atoms with Gasteiger partial charge in [0.05, 0.1) is 10.6 Å². The quantitative estimate of drug-likeness (QED) is 0.272. The third-order valence-corrected chi connectivity index (χ3v) is 9.62. The fraction of sp³-hybridized carbons (Fsp3) is 0.355. The fourth-order valence-corrected chi connectivity index (χ4v) is 6.78. The lowest BCUT2D eigenvalue weighted by Gasteiger charge is -2.34. The van der Waals surface area contributed by atoms with Gasteiger partial charge in [0.25, 0.3) is 10.0 Å². The summed E-state index contributed by atoms with van der Waals surface area (Å²) in [7, 11) is -4.16. The summed E-state index contributed by atoms with van der Waals surface area (Å²) in [6.45, 7) is 3.33. The van der Waals surface area contributed by atoms with Gasteiger partial charge in [0.1, 0.15) is 12.6 Å². The van der Waals surface area contributed by atoms with Gasteiger partial charge in [0, 0.05) is 22.6 Å². The number of carbonyl (C=O) groups is 2. The van der Waals surface area contributed by atoms with Crippen molar-refractivity contribution in [3.63, 3.8) is 0 Å². The minimum atomic E-state index is -4.16. The Kier molecular flexibility index (Phi) is 10.3. The first kappa shape index (κ1) is 30.9. The molecule has 3 aromatic carbocycles. The second-order valence-electron chi connectivity index (χ2n) is 10.4. The van der Waals surface area contributed by atoms with E-state index in [0.717, 1.165) is 41.1 Å². The number of benzene rings is 3. The summed E-state index contributed by atoms with van der Waals surface area (Å²) >= 11 is 12.1. The zero-order valence-corrected chi connectivity index (χ0v) is 25.6. The second kappa shape index (κ2) is 13.7. The van der Waals surface area contributed by atoms with E-state index in [9.17, 15) is 18.0 Å². The number of hydrogen-bond acceptors (Lipinski definition) is 4. The van der Waals surface area contributed by atoms with E-state index in [-0.39, 0.29) is 23.4 Å². The zero-order chi connectivity index (χ0) is 29.6. The van der Waals surface area contributed by atoms with E-state index >= 15 is 0 Å². The summed E-state index contributed by atoms with van der Waals surface area (Å²) in [5.41, 5.74) is 1.97. The van der Waals surface area contributed by atoms with E-state index in [2.05, 4.69) is 5.32 Å². The van der Waals surface area contributed by atoms with Crippen LogP contribution in [-0.2, 0) is 26.2 Å². The topological polar surface area (TPSA) is 86.8 Å². The smallest absolute Gasteiger partial charge is 0.264 e. The molecule has 3 aromatic rings. The van der Waals surface area contributed by atoms with E-state index in [4.69, 9.17) is 23.2 Å². The molecule has 0 aliphatic heterocycles. The van der Waals surface area contributed by atoms with Gasteiger partial charge in [-0.05, 0) is 85.8 Å². The van der Waals surface area contributed by atoms with E-state index in [1.807, 2.05) is 19.9 Å².